The second-order valence-electron chi connectivity index (χ2n) is 5.75. The molecule has 0 aliphatic heterocycles. The van der Waals surface area contributed by atoms with Gasteiger partial charge in [0.2, 0.25) is 5.28 Å². The third-order valence-electron chi connectivity index (χ3n) is 3.95. The van der Waals surface area contributed by atoms with Gasteiger partial charge in [0, 0.05) is 5.39 Å². The molecule has 1 N–H and O–H groups in total. The van der Waals surface area contributed by atoms with Crippen LogP contribution >= 0.6 is 11.6 Å². The Kier molecular flexibility index (Phi) is 4.67. The number of anilines is 2. The molecule has 128 valence electrons. The smallest absolute Gasteiger partial charge is 0.224 e. The number of aromatic nitrogens is 2. The molecule has 0 spiro atoms. The summed E-state index contributed by atoms with van der Waals surface area (Å²) in [4.78, 5) is 8.60. The van der Waals surface area contributed by atoms with Crippen molar-refractivity contribution in [2.24, 2.45) is 0 Å². The highest BCUT2D eigenvalue weighted by Crippen LogP contribution is 2.31. The maximum Gasteiger partial charge on any atom is 0.224 e. The van der Waals surface area contributed by atoms with Crippen LogP contribution in [0.3, 0.4) is 0 Å². The highest BCUT2D eigenvalue weighted by atomic mass is 35.5. The van der Waals surface area contributed by atoms with Crippen LogP contribution < -0.4 is 10.1 Å². The molecule has 4 rings (SSSR count). The van der Waals surface area contributed by atoms with Crippen LogP contribution in [0.5, 0.6) is 5.75 Å². The maximum atomic E-state index is 6.08. The molecule has 4 aromatic rings. The Morgan fingerprint density at radius 3 is 2.42 bits per heavy atom. The van der Waals surface area contributed by atoms with Crippen molar-refractivity contribution < 1.29 is 4.74 Å². The molecule has 0 atom stereocenters. The van der Waals surface area contributed by atoms with E-state index in [0.29, 0.717) is 12.4 Å². The lowest BCUT2D eigenvalue weighted by molar-refractivity contribution is 0.308. The minimum Gasteiger partial charge on any atom is -0.487 e. The number of benzene rings is 3. The molecular formula is C21H16ClN3O. The second kappa shape index (κ2) is 7.42. The summed E-state index contributed by atoms with van der Waals surface area (Å²) in [6, 6.07) is 25.6. The van der Waals surface area contributed by atoms with Gasteiger partial charge >= 0.3 is 0 Å². The van der Waals surface area contributed by atoms with Crippen LogP contribution in [-0.2, 0) is 6.61 Å². The van der Waals surface area contributed by atoms with Gasteiger partial charge in [0.15, 0.2) is 0 Å². The summed E-state index contributed by atoms with van der Waals surface area (Å²) in [7, 11) is 0. The van der Waals surface area contributed by atoms with E-state index in [4.69, 9.17) is 16.3 Å². The van der Waals surface area contributed by atoms with E-state index in [1.807, 2.05) is 78.9 Å². The SMILES string of the molecule is Clc1nc(Nc2ccccc2OCc2ccccc2)c2ccccc2n1. The molecule has 1 heterocycles. The predicted octanol–water partition coefficient (Wildman–Crippen LogP) is 5.61. The lowest BCUT2D eigenvalue weighted by atomic mass is 10.2. The summed E-state index contributed by atoms with van der Waals surface area (Å²) in [5.41, 5.74) is 2.72. The predicted molar refractivity (Wildman–Crippen MR) is 105 cm³/mol. The fourth-order valence-corrected chi connectivity index (χ4v) is 2.88. The summed E-state index contributed by atoms with van der Waals surface area (Å²) in [6.45, 7) is 0.491. The first-order valence-corrected chi connectivity index (χ1v) is 8.62. The minimum atomic E-state index is 0.203. The Morgan fingerprint density at radius 2 is 1.54 bits per heavy atom. The van der Waals surface area contributed by atoms with Crippen molar-refractivity contribution in [2.45, 2.75) is 6.61 Å². The van der Waals surface area contributed by atoms with E-state index in [9.17, 15) is 0 Å². The molecular weight excluding hydrogens is 346 g/mol. The highest BCUT2D eigenvalue weighted by Gasteiger charge is 2.09. The molecule has 26 heavy (non-hydrogen) atoms. The van der Waals surface area contributed by atoms with E-state index in [-0.39, 0.29) is 5.28 Å². The Balaban J connectivity index is 1.63. The Morgan fingerprint density at radius 1 is 0.808 bits per heavy atom. The van der Waals surface area contributed by atoms with E-state index in [2.05, 4.69) is 15.3 Å². The normalized spacial score (nSPS) is 10.7. The van der Waals surface area contributed by atoms with Gasteiger partial charge in [0.05, 0.1) is 11.2 Å². The van der Waals surface area contributed by atoms with Crippen molar-refractivity contribution in [3.8, 4) is 5.75 Å². The second-order valence-corrected chi connectivity index (χ2v) is 6.09. The van der Waals surface area contributed by atoms with Crippen molar-refractivity contribution in [3.05, 3.63) is 89.7 Å². The Hall–Kier alpha value is -3.11. The van der Waals surface area contributed by atoms with Gasteiger partial charge < -0.3 is 10.1 Å². The number of hydrogen-bond donors (Lipinski definition) is 1. The van der Waals surface area contributed by atoms with Crippen LogP contribution in [0, 0.1) is 0 Å². The van der Waals surface area contributed by atoms with Gasteiger partial charge in [-0.15, -0.1) is 0 Å². The van der Waals surface area contributed by atoms with Crippen molar-refractivity contribution in [3.63, 3.8) is 0 Å². The van der Waals surface area contributed by atoms with Gasteiger partial charge in [-0.25, -0.2) is 4.98 Å². The molecule has 0 unspecified atom stereocenters. The molecule has 4 nitrogen and oxygen atoms in total. The number of para-hydroxylation sites is 3. The lowest BCUT2D eigenvalue weighted by Gasteiger charge is -2.14. The van der Waals surface area contributed by atoms with Crippen LogP contribution in [0.1, 0.15) is 5.56 Å². The van der Waals surface area contributed by atoms with Crippen LogP contribution in [-0.4, -0.2) is 9.97 Å². The van der Waals surface area contributed by atoms with Crippen molar-refractivity contribution in [1.29, 1.82) is 0 Å². The largest absolute Gasteiger partial charge is 0.487 e. The van der Waals surface area contributed by atoms with E-state index >= 15 is 0 Å². The quantitative estimate of drug-likeness (QED) is 0.469. The fraction of sp³-hybridized carbons (Fsp3) is 0.0476. The van der Waals surface area contributed by atoms with E-state index in [1.54, 1.807) is 0 Å². The summed E-state index contributed by atoms with van der Waals surface area (Å²) in [6.07, 6.45) is 0. The summed E-state index contributed by atoms with van der Waals surface area (Å²) < 4.78 is 6.00. The molecule has 0 saturated heterocycles. The first-order chi connectivity index (χ1) is 12.8. The molecule has 0 bridgehead atoms. The molecule has 5 heteroatoms. The van der Waals surface area contributed by atoms with Crippen LogP contribution in [0.2, 0.25) is 5.28 Å². The first kappa shape index (κ1) is 16.4. The van der Waals surface area contributed by atoms with Gasteiger partial charge in [-0.05, 0) is 41.4 Å². The highest BCUT2D eigenvalue weighted by molar-refractivity contribution is 6.28. The summed E-state index contributed by atoms with van der Waals surface area (Å²) >= 11 is 6.08. The number of nitrogens with one attached hydrogen (secondary N) is 1. The third-order valence-corrected chi connectivity index (χ3v) is 4.12. The standard InChI is InChI=1S/C21H16ClN3O/c22-21-24-17-11-5-4-10-16(17)20(25-21)23-18-12-6-7-13-19(18)26-14-15-8-2-1-3-9-15/h1-13H,14H2,(H,23,24,25). The average Bonchev–Trinajstić information content (AvgIpc) is 2.68. The lowest BCUT2D eigenvalue weighted by Crippen LogP contribution is -2.01. The molecule has 3 aromatic carbocycles. The Labute approximate surface area is 156 Å². The molecule has 0 aliphatic carbocycles. The summed E-state index contributed by atoms with van der Waals surface area (Å²) in [5.74, 6) is 1.39. The zero-order chi connectivity index (χ0) is 17.8. The number of halogens is 1. The van der Waals surface area contributed by atoms with Crippen LogP contribution in [0.4, 0.5) is 11.5 Å². The van der Waals surface area contributed by atoms with Gasteiger partial charge in [-0.3, -0.25) is 0 Å². The monoisotopic (exact) mass is 361 g/mol. The molecule has 0 amide bonds. The van der Waals surface area contributed by atoms with Gasteiger partial charge in [-0.2, -0.15) is 4.98 Å². The third kappa shape index (κ3) is 3.60. The van der Waals surface area contributed by atoms with Crippen molar-refractivity contribution in [2.75, 3.05) is 5.32 Å². The van der Waals surface area contributed by atoms with Gasteiger partial charge in [0.25, 0.3) is 0 Å². The maximum absolute atomic E-state index is 6.08. The molecule has 0 fully saturated rings. The molecule has 0 radical (unpaired) electrons. The zero-order valence-electron chi connectivity index (χ0n) is 13.9. The number of nitrogens with zero attached hydrogens (tertiary/aromatic N) is 2. The Bertz CT molecular complexity index is 1040. The number of hydrogen-bond acceptors (Lipinski definition) is 4. The van der Waals surface area contributed by atoms with E-state index < -0.39 is 0 Å². The fourth-order valence-electron chi connectivity index (χ4n) is 2.70. The van der Waals surface area contributed by atoms with Crippen LogP contribution in [0.15, 0.2) is 78.9 Å². The number of rotatable bonds is 5. The zero-order valence-corrected chi connectivity index (χ0v) is 14.6. The van der Waals surface area contributed by atoms with Crippen molar-refractivity contribution >= 4 is 34.0 Å². The van der Waals surface area contributed by atoms with E-state index in [0.717, 1.165) is 27.9 Å². The number of ether oxygens (including phenoxy) is 1. The van der Waals surface area contributed by atoms with E-state index in [1.165, 1.54) is 0 Å². The summed E-state index contributed by atoms with van der Waals surface area (Å²) in [5, 5.41) is 4.43. The number of fused-ring (bicyclic) bond motifs is 1. The van der Waals surface area contributed by atoms with Gasteiger partial charge in [-0.1, -0.05) is 54.6 Å². The van der Waals surface area contributed by atoms with Crippen LogP contribution in [0.25, 0.3) is 10.9 Å². The molecule has 0 saturated carbocycles. The topological polar surface area (TPSA) is 47.0 Å². The van der Waals surface area contributed by atoms with Gasteiger partial charge in [0.1, 0.15) is 18.2 Å². The molecule has 0 aliphatic rings. The average molecular weight is 362 g/mol. The minimum absolute atomic E-state index is 0.203. The molecule has 1 aromatic heterocycles. The first-order valence-electron chi connectivity index (χ1n) is 8.25. The van der Waals surface area contributed by atoms with Crippen molar-refractivity contribution in [1.82, 2.24) is 9.97 Å².